The van der Waals surface area contributed by atoms with Gasteiger partial charge in [-0.15, -0.1) is 0 Å². The molecule has 0 aromatic carbocycles. The van der Waals surface area contributed by atoms with Gasteiger partial charge in [0.2, 0.25) is 0 Å². The topological polar surface area (TPSA) is 144 Å². The summed E-state index contributed by atoms with van der Waals surface area (Å²) in [4.78, 5) is 56.1. The molecule has 2 aliphatic heterocycles. The third kappa shape index (κ3) is 50.4. The van der Waals surface area contributed by atoms with Crippen molar-refractivity contribution < 1.29 is 43.7 Å². The molecule has 2 saturated heterocycles. The fourth-order valence-corrected chi connectivity index (χ4v) is 14.5. The lowest BCUT2D eigenvalue weighted by molar-refractivity contribution is -0.154. The van der Waals surface area contributed by atoms with Gasteiger partial charge in [0.25, 0.3) is 0 Å². The molecule has 6 rings (SSSR count). The maximum atomic E-state index is 11.6. The van der Waals surface area contributed by atoms with Crippen LogP contribution in [0.1, 0.15) is 399 Å². The van der Waals surface area contributed by atoms with Gasteiger partial charge in [-0.25, -0.2) is 0 Å². The largest absolute Gasteiger partial charge is 0.462 e. The molecule has 0 spiro atoms. The Bertz CT molecular complexity index is 2350. The molecule has 9 heteroatoms. The standard InChI is InChI=1S/C20H34O.C20H32O.C13H22O2.2C12H22O2.C12H22O/c2*1-16(2)8-5-9-17(3)10-6-11-18(4)14-15-19-12-7-13-20(19)21;1-3-4-5-6-12-11(9-10(2)14)7-8-13(12)15;1-2-3-4-5-6-8-11-9-7-10-12(13)14-11;1-2-3-4-5-6-7-8-11-9-10-12(13)14-11;1-3-4-5-6-11-7-10(2)8-12(13)9-11/h8,10,14,19-21H,5-7,9,11-13,15H2,1-4H3;8,10,14,19H,5-7,9,11-13,15H2,1-4H3;11-12H,3-9H2,1-2H3;2*11H,2-10H2,1H3;8,11-13H,3-7,9H2,1-2H3/b2*17-10+,18-14+;;;;. The summed E-state index contributed by atoms with van der Waals surface area (Å²) in [5, 5.41) is 19.4. The lowest BCUT2D eigenvalue weighted by Crippen LogP contribution is -2.23. The van der Waals surface area contributed by atoms with Gasteiger partial charge in [0.05, 0.1) is 12.2 Å². The fraction of sp³-hybridized carbons (Fsp3) is 0.787. The number of ether oxygens (including phenoxy) is 2. The fourth-order valence-electron chi connectivity index (χ4n) is 14.5. The summed E-state index contributed by atoms with van der Waals surface area (Å²) in [6, 6.07) is 0. The smallest absolute Gasteiger partial charge is 0.306 e. The van der Waals surface area contributed by atoms with Crippen LogP contribution in [0.25, 0.3) is 0 Å². The first-order valence-electron chi connectivity index (χ1n) is 40.9. The van der Waals surface area contributed by atoms with E-state index in [1.54, 1.807) is 6.92 Å². The van der Waals surface area contributed by atoms with Gasteiger partial charge in [0.1, 0.15) is 29.6 Å². The van der Waals surface area contributed by atoms with Crippen molar-refractivity contribution in [3.63, 3.8) is 0 Å². The van der Waals surface area contributed by atoms with Crippen LogP contribution in [0.15, 0.2) is 81.5 Å². The molecule has 0 aromatic rings. The maximum Gasteiger partial charge on any atom is 0.306 e. The van der Waals surface area contributed by atoms with Crippen molar-refractivity contribution in [1.29, 1.82) is 0 Å². The molecule has 6 aliphatic rings. The molecule has 9 unspecified atom stereocenters. The Balaban J connectivity index is 0.000000594. The molecule has 2 N–H and O–H groups in total. The quantitative estimate of drug-likeness (QED) is 0.0349. The van der Waals surface area contributed by atoms with E-state index in [4.69, 9.17) is 9.47 Å². The number of cyclic esters (lactones) is 2. The summed E-state index contributed by atoms with van der Waals surface area (Å²) in [5.41, 5.74) is 10.1. The molecule has 98 heavy (non-hydrogen) atoms. The van der Waals surface area contributed by atoms with E-state index >= 15 is 0 Å². The average Bonchev–Trinajstić information content (AvgIpc) is 1.72. The van der Waals surface area contributed by atoms with Gasteiger partial charge in [0, 0.05) is 43.9 Å². The Morgan fingerprint density at radius 1 is 0.459 bits per heavy atom. The van der Waals surface area contributed by atoms with Crippen molar-refractivity contribution in [3.8, 4) is 0 Å². The van der Waals surface area contributed by atoms with Crippen molar-refractivity contribution in [1.82, 2.24) is 0 Å². The number of allylic oxidation sites excluding steroid dienone is 13. The summed E-state index contributed by atoms with van der Waals surface area (Å²) >= 11 is 0. The number of carbonyl (C=O) groups is 5. The molecule has 3 saturated carbocycles. The molecule has 9 nitrogen and oxygen atoms in total. The van der Waals surface area contributed by atoms with E-state index in [1.807, 2.05) is 6.08 Å². The van der Waals surface area contributed by atoms with E-state index in [0.29, 0.717) is 55.0 Å². The Labute approximate surface area is 604 Å². The monoisotopic (exact) mass is 1370 g/mol. The van der Waals surface area contributed by atoms with Crippen LogP contribution in [0.4, 0.5) is 0 Å². The van der Waals surface area contributed by atoms with Crippen molar-refractivity contribution >= 4 is 29.3 Å². The Morgan fingerprint density at radius 3 is 1.41 bits per heavy atom. The number of aliphatic hydroxyl groups is 2. The minimum Gasteiger partial charge on any atom is -0.462 e. The summed E-state index contributed by atoms with van der Waals surface area (Å²) in [7, 11) is 0. The first kappa shape index (κ1) is 92.1. The van der Waals surface area contributed by atoms with Gasteiger partial charge in [-0.3, -0.25) is 19.2 Å². The number of hydrogen-bond donors (Lipinski definition) is 2. The lowest BCUT2D eigenvalue weighted by atomic mass is 9.84. The number of unbranched alkanes of at least 4 members (excludes halogenated alkanes) is 13. The highest BCUT2D eigenvalue weighted by atomic mass is 16.6. The molecule has 4 aliphatic carbocycles. The molecule has 2 heterocycles. The Kier molecular flexibility index (Phi) is 56.0. The molecule has 0 amide bonds. The number of ketones is 3. The predicted molar refractivity (Wildman–Crippen MR) is 417 cm³/mol. The number of Topliss-reactive ketones (excluding diaryl/α,β-unsaturated/α-hetero) is 3. The van der Waals surface area contributed by atoms with Crippen molar-refractivity contribution in [3.05, 3.63) is 81.5 Å². The normalized spacial score (nSPS) is 23.3. The highest BCUT2D eigenvalue weighted by Crippen LogP contribution is 2.36. The second kappa shape index (κ2) is 59.6. The molecule has 564 valence electrons. The first-order chi connectivity index (χ1) is 47.0. The number of aliphatic hydroxyl groups excluding tert-OH is 2. The van der Waals surface area contributed by atoms with E-state index in [1.165, 1.54) is 187 Å². The summed E-state index contributed by atoms with van der Waals surface area (Å²) in [6.45, 7) is 30.2. The Morgan fingerprint density at radius 2 is 0.929 bits per heavy atom. The SMILES string of the molecule is CC(C)=CCC/C(C)=C/CC/C(C)=C/CC1CCCC1=O.CC(C)=CCC/C(C)=C/CC/C(C)=C/CC1CCCC1O.CCCCCC1C(=O)CCC1CC(C)=O.CCCCCC1CC(C)=CC(O)C1.CCCCCCCC1CCCC(=O)O1.CCCCCCCCC1CCC(=O)O1. The second-order valence-electron chi connectivity index (χ2n) is 31.3. The van der Waals surface area contributed by atoms with Gasteiger partial charge in [-0.2, -0.15) is 0 Å². The zero-order valence-electron chi connectivity index (χ0n) is 66.2. The van der Waals surface area contributed by atoms with Crippen molar-refractivity contribution in [2.45, 2.75) is 423 Å². The molecular formula is C89H154O9. The van der Waals surface area contributed by atoms with Gasteiger partial charge in [-0.05, 0) is 248 Å². The summed E-state index contributed by atoms with van der Waals surface area (Å²) < 4.78 is 10.4. The van der Waals surface area contributed by atoms with Gasteiger partial charge < -0.3 is 24.5 Å². The van der Waals surface area contributed by atoms with E-state index in [-0.39, 0.29) is 48.1 Å². The number of carbonyl (C=O) groups excluding carboxylic acids is 5. The highest BCUT2D eigenvalue weighted by Gasteiger charge is 2.34. The predicted octanol–water partition coefficient (Wildman–Crippen LogP) is 25.4. The van der Waals surface area contributed by atoms with Crippen LogP contribution in [-0.4, -0.2) is 63.9 Å². The molecule has 9 atom stereocenters. The third-order valence-corrected chi connectivity index (χ3v) is 20.8. The lowest BCUT2D eigenvalue weighted by Gasteiger charge is -2.24. The number of rotatable bonds is 39. The van der Waals surface area contributed by atoms with Crippen LogP contribution < -0.4 is 0 Å². The maximum absolute atomic E-state index is 11.6. The van der Waals surface area contributed by atoms with Crippen LogP contribution in [0.3, 0.4) is 0 Å². The van der Waals surface area contributed by atoms with Crippen molar-refractivity contribution in [2.75, 3.05) is 0 Å². The highest BCUT2D eigenvalue weighted by molar-refractivity contribution is 5.85. The molecule has 0 bridgehead atoms. The second-order valence-corrected chi connectivity index (χ2v) is 31.3. The van der Waals surface area contributed by atoms with Crippen LogP contribution in [0.5, 0.6) is 0 Å². The van der Waals surface area contributed by atoms with E-state index in [9.17, 15) is 34.2 Å². The zero-order valence-corrected chi connectivity index (χ0v) is 66.2. The summed E-state index contributed by atoms with van der Waals surface area (Å²) in [6.07, 6.45) is 69.1. The van der Waals surface area contributed by atoms with Crippen molar-refractivity contribution in [2.24, 2.45) is 29.6 Å². The zero-order chi connectivity index (χ0) is 72.7. The van der Waals surface area contributed by atoms with E-state index < -0.39 is 0 Å². The van der Waals surface area contributed by atoms with Crippen LogP contribution in [-0.2, 0) is 33.4 Å². The third-order valence-electron chi connectivity index (χ3n) is 20.8. The summed E-state index contributed by atoms with van der Waals surface area (Å²) in [5.74, 6) is 3.25. The van der Waals surface area contributed by atoms with Gasteiger partial charge in [0.15, 0.2) is 0 Å². The Hall–Kier alpha value is -3.95. The molecule has 0 aromatic heterocycles. The average molecular weight is 1370 g/mol. The minimum absolute atomic E-state index is 0.000910. The van der Waals surface area contributed by atoms with Crippen LogP contribution in [0.2, 0.25) is 0 Å². The number of esters is 2. The molecule has 5 fully saturated rings. The van der Waals surface area contributed by atoms with Gasteiger partial charge in [-0.1, -0.05) is 218 Å². The molecule has 0 radical (unpaired) electrons. The minimum atomic E-state index is -0.166. The van der Waals surface area contributed by atoms with E-state index in [0.717, 1.165) is 134 Å². The van der Waals surface area contributed by atoms with Crippen LogP contribution >= 0.6 is 0 Å². The first-order valence-corrected chi connectivity index (χ1v) is 40.9. The van der Waals surface area contributed by atoms with E-state index in [2.05, 4.69) is 126 Å². The molecular weight excluding hydrogens is 1210 g/mol. The van der Waals surface area contributed by atoms with Crippen LogP contribution in [0, 0.1) is 29.6 Å². The van der Waals surface area contributed by atoms with Gasteiger partial charge >= 0.3 is 11.9 Å². The number of hydrogen-bond acceptors (Lipinski definition) is 9.